The Morgan fingerprint density at radius 1 is 1.53 bits per heavy atom. The molecule has 0 bridgehead atoms. The van der Waals surface area contributed by atoms with Crippen LogP contribution in [0.5, 0.6) is 5.88 Å². The van der Waals surface area contributed by atoms with Crippen molar-refractivity contribution in [2.24, 2.45) is 0 Å². The molecule has 0 aliphatic carbocycles. The molecule has 0 saturated carbocycles. The van der Waals surface area contributed by atoms with E-state index in [0.717, 1.165) is 12.8 Å². The summed E-state index contributed by atoms with van der Waals surface area (Å²) < 4.78 is 5.02. The Balaban J connectivity index is 2.26. The van der Waals surface area contributed by atoms with Gasteiger partial charge in [-0.25, -0.2) is 14.8 Å². The Bertz CT molecular complexity index is 411. The lowest BCUT2D eigenvalue weighted by Crippen LogP contribution is -2.45. The van der Waals surface area contributed by atoms with Crippen LogP contribution in [0, 0.1) is 0 Å². The third-order valence-corrected chi connectivity index (χ3v) is 2.92. The number of carboxylic acids is 1. The molecule has 0 radical (unpaired) electrons. The van der Waals surface area contributed by atoms with Crippen LogP contribution in [0.3, 0.4) is 0 Å². The number of carboxylic acid groups (broad SMARTS) is 1. The number of ether oxygens (including phenoxy) is 1. The van der Waals surface area contributed by atoms with Crippen molar-refractivity contribution >= 4 is 11.8 Å². The van der Waals surface area contributed by atoms with Crippen LogP contribution < -0.4 is 9.64 Å². The summed E-state index contributed by atoms with van der Waals surface area (Å²) in [5, 5.41) is 9.18. The maximum atomic E-state index is 11.2. The lowest BCUT2D eigenvalue weighted by molar-refractivity contribution is -0.139. The van der Waals surface area contributed by atoms with Gasteiger partial charge in [-0.05, 0) is 19.3 Å². The average Bonchev–Trinajstić information content (AvgIpc) is 2.39. The quantitative estimate of drug-likeness (QED) is 0.842. The summed E-state index contributed by atoms with van der Waals surface area (Å²) in [6.45, 7) is 0.705. The van der Waals surface area contributed by atoms with Crippen LogP contribution in [0.4, 0.5) is 5.82 Å². The number of piperidine rings is 1. The molecule has 0 aromatic carbocycles. The van der Waals surface area contributed by atoms with E-state index in [0.29, 0.717) is 24.7 Å². The number of nitrogens with zero attached hydrogens (tertiary/aromatic N) is 3. The van der Waals surface area contributed by atoms with Gasteiger partial charge in [-0.15, -0.1) is 0 Å². The molecule has 17 heavy (non-hydrogen) atoms. The Morgan fingerprint density at radius 3 is 3.06 bits per heavy atom. The monoisotopic (exact) mass is 237 g/mol. The molecule has 6 nitrogen and oxygen atoms in total. The molecule has 1 aliphatic rings. The molecule has 1 fully saturated rings. The van der Waals surface area contributed by atoms with Gasteiger partial charge in [0.15, 0.2) is 0 Å². The average molecular weight is 237 g/mol. The number of anilines is 1. The molecule has 1 atom stereocenters. The molecule has 1 aromatic rings. The van der Waals surface area contributed by atoms with Gasteiger partial charge >= 0.3 is 5.97 Å². The Labute approximate surface area is 99.2 Å². The van der Waals surface area contributed by atoms with Crippen LogP contribution in [0.1, 0.15) is 19.3 Å². The highest BCUT2D eigenvalue weighted by molar-refractivity contribution is 5.78. The standard InChI is InChI=1S/C11H15N3O3/c1-17-10-6-9(12-7-13-10)14-5-3-2-4-8(14)11(15)16/h6-8H,2-5H2,1H3,(H,15,16). The van der Waals surface area contributed by atoms with E-state index in [2.05, 4.69) is 9.97 Å². The van der Waals surface area contributed by atoms with E-state index in [1.807, 2.05) is 0 Å². The van der Waals surface area contributed by atoms with Crippen molar-refractivity contribution in [3.63, 3.8) is 0 Å². The summed E-state index contributed by atoms with van der Waals surface area (Å²) in [6.07, 6.45) is 3.97. The van der Waals surface area contributed by atoms with Crippen molar-refractivity contribution in [3.8, 4) is 5.88 Å². The molecule has 0 spiro atoms. The SMILES string of the molecule is COc1cc(N2CCCCC2C(=O)O)ncn1. The number of aromatic nitrogens is 2. The highest BCUT2D eigenvalue weighted by Gasteiger charge is 2.29. The number of rotatable bonds is 3. The smallest absolute Gasteiger partial charge is 0.326 e. The minimum atomic E-state index is -0.803. The first-order chi connectivity index (χ1) is 8.22. The van der Waals surface area contributed by atoms with E-state index in [1.54, 1.807) is 11.0 Å². The van der Waals surface area contributed by atoms with Crippen LogP contribution in [-0.2, 0) is 4.79 Å². The Kier molecular flexibility index (Phi) is 3.41. The number of aliphatic carboxylic acids is 1. The second-order valence-corrected chi connectivity index (χ2v) is 3.96. The second-order valence-electron chi connectivity index (χ2n) is 3.96. The second kappa shape index (κ2) is 4.99. The fourth-order valence-electron chi connectivity index (χ4n) is 2.06. The van der Waals surface area contributed by atoms with E-state index in [1.165, 1.54) is 13.4 Å². The van der Waals surface area contributed by atoms with Crippen molar-refractivity contribution in [1.82, 2.24) is 9.97 Å². The van der Waals surface area contributed by atoms with E-state index in [-0.39, 0.29) is 0 Å². The lowest BCUT2D eigenvalue weighted by atomic mass is 10.0. The number of methoxy groups -OCH3 is 1. The molecule has 1 aromatic heterocycles. The zero-order valence-corrected chi connectivity index (χ0v) is 9.67. The highest BCUT2D eigenvalue weighted by Crippen LogP contribution is 2.24. The highest BCUT2D eigenvalue weighted by atomic mass is 16.5. The fraction of sp³-hybridized carbons (Fsp3) is 0.545. The van der Waals surface area contributed by atoms with Crippen LogP contribution >= 0.6 is 0 Å². The predicted octanol–water partition coefficient (Wildman–Crippen LogP) is 0.929. The van der Waals surface area contributed by atoms with Crippen molar-refractivity contribution in [3.05, 3.63) is 12.4 Å². The minimum absolute atomic E-state index is 0.449. The molecule has 1 aliphatic heterocycles. The van der Waals surface area contributed by atoms with E-state index < -0.39 is 12.0 Å². The van der Waals surface area contributed by atoms with Gasteiger partial charge in [-0.1, -0.05) is 0 Å². The maximum Gasteiger partial charge on any atom is 0.326 e. The first-order valence-corrected chi connectivity index (χ1v) is 5.58. The summed E-state index contributed by atoms with van der Waals surface area (Å²) >= 11 is 0. The first-order valence-electron chi connectivity index (χ1n) is 5.58. The van der Waals surface area contributed by atoms with E-state index in [9.17, 15) is 9.90 Å². The van der Waals surface area contributed by atoms with Gasteiger partial charge in [-0.2, -0.15) is 0 Å². The van der Waals surface area contributed by atoms with Gasteiger partial charge in [-0.3, -0.25) is 0 Å². The van der Waals surface area contributed by atoms with Crippen molar-refractivity contribution in [2.75, 3.05) is 18.6 Å². The van der Waals surface area contributed by atoms with E-state index in [4.69, 9.17) is 4.74 Å². The number of hydrogen-bond acceptors (Lipinski definition) is 5. The van der Waals surface area contributed by atoms with Crippen molar-refractivity contribution < 1.29 is 14.6 Å². The van der Waals surface area contributed by atoms with Crippen LogP contribution in [0.25, 0.3) is 0 Å². The van der Waals surface area contributed by atoms with Crippen molar-refractivity contribution in [1.29, 1.82) is 0 Å². The topological polar surface area (TPSA) is 75.5 Å². The fourth-order valence-corrected chi connectivity index (χ4v) is 2.06. The molecular formula is C11H15N3O3. The van der Waals surface area contributed by atoms with Gasteiger partial charge < -0.3 is 14.7 Å². The summed E-state index contributed by atoms with van der Waals surface area (Å²) in [5.41, 5.74) is 0. The third-order valence-electron chi connectivity index (χ3n) is 2.92. The summed E-state index contributed by atoms with van der Waals surface area (Å²) in [4.78, 5) is 21.0. The van der Waals surface area contributed by atoms with Crippen LogP contribution in [-0.4, -0.2) is 40.7 Å². The van der Waals surface area contributed by atoms with Gasteiger partial charge in [0.05, 0.1) is 7.11 Å². The predicted molar refractivity (Wildman–Crippen MR) is 61.2 cm³/mol. The van der Waals surface area contributed by atoms with Crippen LogP contribution in [0.2, 0.25) is 0 Å². The molecular weight excluding hydrogens is 222 g/mol. The van der Waals surface area contributed by atoms with Gasteiger partial charge in [0.2, 0.25) is 5.88 Å². The molecule has 2 heterocycles. The van der Waals surface area contributed by atoms with Crippen molar-refractivity contribution in [2.45, 2.75) is 25.3 Å². The zero-order chi connectivity index (χ0) is 12.3. The van der Waals surface area contributed by atoms with Crippen LogP contribution in [0.15, 0.2) is 12.4 Å². The molecule has 6 heteroatoms. The Morgan fingerprint density at radius 2 is 2.35 bits per heavy atom. The third kappa shape index (κ3) is 2.46. The summed E-state index contributed by atoms with van der Waals surface area (Å²) in [5.74, 6) is 0.260. The van der Waals surface area contributed by atoms with Gasteiger partial charge in [0.1, 0.15) is 18.2 Å². The summed E-state index contributed by atoms with van der Waals surface area (Å²) in [7, 11) is 1.52. The summed E-state index contributed by atoms with van der Waals surface area (Å²) in [6, 6.07) is 1.17. The van der Waals surface area contributed by atoms with Gasteiger partial charge in [0, 0.05) is 12.6 Å². The lowest BCUT2D eigenvalue weighted by Gasteiger charge is -2.33. The minimum Gasteiger partial charge on any atom is -0.481 e. The molecule has 0 amide bonds. The first kappa shape index (κ1) is 11.6. The number of carbonyl (C=O) groups is 1. The molecule has 92 valence electrons. The normalized spacial score (nSPS) is 20.1. The van der Waals surface area contributed by atoms with Gasteiger partial charge in [0.25, 0.3) is 0 Å². The van der Waals surface area contributed by atoms with E-state index >= 15 is 0 Å². The number of hydrogen-bond donors (Lipinski definition) is 1. The maximum absolute atomic E-state index is 11.2. The zero-order valence-electron chi connectivity index (χ0n) is 9.67. The largest absolute Gasteiger partial charge is 0.481 e. The molecule has 2 rings (SSSR count). The molecule has 1 saturated heterocycles. The molecule has 1 unspecified atom stereocenters. The molecule has 1 N–H and O–H groups in total. The Hall–Kier alpha value is -1.85.